The van der Waals surface area contributed by atoms with Crippen molar-refractivity contribution in [1.82, 2.24) is 9.99 Å². The summed E-state index contributed by atoms with van der Waals surface area (Å²) < 4.78 is 2.17. The third-order valence-corrected chi connectivity index (χ3v) is 6.54. The number of carbonyl (C=O) groups excluding carboxylic acids is 1. The van der Waals surface area contributed by atoms with Gasteiger partial charge in [0.15, 0.2) is 5.60 Å². The monoisotopic (exact) mass is 473 g/mol. The summed E-state index contributed by atoms with van der Waals surface area (Å²) in [6.45, 7) is 4.07. The van der Waals surface area contributed by atoms with Gasteiger partial charge in [-0.05, 0) is 53.9 Å². The van der Waals surface area contributed by atoms with Crippen LogP contribution in [0.1, 0.15) is 28.1 Å². The van der Waals surface area contributed by atoms with Crippen LogP contribution >= 0.6 is 0 Å². The predicted molar refractivity (Wildman–Crippen MR) is 144 cm³/mol. The number of nitrogens with zero attached hydrogens (tertiary/aromatic N) is 2. The van der Waals surface area contributed by atoms with Gasteiger partial charge in [0.05, 0.1) is 6.21 Å². The highest BCUT2D eigenvalue weighted by molar-refractivity contribution is 5.91. The molecular formula is C31H27N3O2. The van der Waals surface area contributed by atoms with E-state index < -0.39 is 11.5 Å². The summed E-state index contributed by atoms with van der Waals surface area (Å²) in [6, 6.07) is 34.5. The van der Waals surface area contributed by atoms with Gasteiger partial charge in [-0.25, -0.2) is 5.43 Å². The van der Waals surface area contributed by atoms with Gasteiger partial charge in [0.25, 0.3) is 5.91 Å². The second-order valence-electron chi connectivity index (χ2n) is 8.83. The Balaban J connectivity index is 1.42. The molecule has 5 nitrogen and oxygen atoms in total. The quantitative estimate of drug-likeness (QED) is 0.248. The molecule has 0 aliphatic carbocycles. The Morgan fingerprint density at radius 1 is 0.806 bits per heavy atom. The first kappa shape index (κ1) is 23.3. The molecule has 2 N–H and O–H groups in total. The van der Waals surface area contributed by atoms with Crippen LogP contribution in [-0.4, -0.2) is 21.8 Å². The number of carbonyl (C=O) groups is 1. The number of aromatic nitrogens is 1. The molecule has 36 heavy (non-hydrogen) atoms. The van der Waals surface area contributed by atoms with Crippen molar-refractivity contribution < 1.29 is 9.90 Å². The lowest BCUT2D eigenvalue weighted by atomic mass is 9.85. The van der Waals surface area contributed by atoms with Gasteiger partial charge in [-0.2, -0.15) is 5.10 Å². The van der Waals surface area contributed by atoms with E-state index in [1.54, 1.807) is 54.7 Å². The minimum atomic E-state index is -1.87. The van der Waals surface area contributed by atoms with Crippen molar-refractivity contribution in [1.29, 1.82) is 0 Å². The summed E-state index contributed by atoms with van der Waals surface area (Å²) in [4.78, 5) is 13.3. The second kappa shape index (κ2) is 9.64. The number of hydrogen-bond acceptors (Lipinski definition) is 3. The lowest BCUT2D eigenvalue weighted by molar-refractivity contribution is -0.136. The van der Waals surface area contributed by atoms with Gasteiger partial charge in [-0.1, -0.05) is 91.0 Å². The Labute approximate surface area is 210 Å². The van der Waals surface area contributed by atoms with Crippen LogP contribution < -0.4 is 5.43 Å². The highest BCUT2D eigenvalue weighted by atomic mass is 16.3. The topological polar surface area (TPSA) is 66.6 Å². The molecule has 0 saturated heterocycles. The lowest BCUT2D eigenvalue weighted by Gasteiger charge is -2.27. The third-order valence-electron chi connectivity index (χ3n) is 6.54. The van der Waals surface area contributed by atoms with Crippen molar-refractivity contribution >= 4 is 22.9 Å². The average Bonchev–Trinajstić information content (AvgIpc) is 3.21. The van der Waals surface area contributed by atoms with E-state index in [2.05, 4.69) is 45.4 Å². The van der Waals surface area contributed by atoms with E-state index in [9.17, 15) is 9.90 Å². The van der Waals surface area contributed by atoms with Crippen molar-refractivity contribution in [3.63, 3.8) is 0 Å². The maximum absolute atomic E-state index is 13.3. The van der Waals surface area contributed by atoms with Crippen LogP contribution in [0.15, 0.2) is 114 Å². The number of hydrazone groups is 1. The number of benzene rings is 4. The molecule has 5 aromatic rings. The van der Waals surface area contributed by atoms with Crippen LogP contribution in [0.25, 0.3) is 16.5 Å². The van der Waals surface area contributed by atoms with Gasteiger partial charge in [-0.3, -0.25) is 4.79 Å². The smallest absolute Gasteiger partial charge is 0.281 e. The van der Waals surface area contributed by atoms with Crippen molar-refractivity contribution in [2.75, 3.05) is 0 Å². The summed E-state index contributed by atoms with van der Waals surface area (Å²) in [5, 5.41) is 18.2. The number of aliphatic hydroxyl groups is 1. The largest absolute Gasteiger partial charge is 0.372 e. The fourth-order valence-electron chi connectivity index (χ4n) is 4.66. The first-order valence-electron chi connectivity index (χ1n) is 11.8. The van der Waals surface area contributed by atoms with Gasteiger partial charge in [0.1, 0.15) is 0 Å². The van der Waals surface area contributed by atoms with Crippen LogP contribution in [0.4, 0.5) is 0 Å². The highest BCUT2D eigenvalue weighted by Gasteiger charge is 2.39. The molecule has 5 heteroatoms. The van der Waals surface area contributed by atoms with E-state index in [4.69, 9.17) is 0 Å². The maximum atomic E-state index is 13.3. The number of rotatable bonds is 6. The molecule has 1 amide bonds. The Morgan fingerprint density at radius 2 is 1.39 bits per heavy atom. The average molecular weight is 474 g/mol. The fourth-order valence-corrected chi connectivity index (χ4v) is 4.66. The van der Waals surface area contributed by atoms with Crippen LogP contribution in [0.2, 0.25) is 0 Å². The molecule has 0 bridgehead atoms. The number of nitrogens with one attached hydrogen (secondary N) is 1. The van der Waals surface area contributed by atoms with Crippen LogP contribution in [-0.2, 0) is 10.4 Å². The Morgan fingerprint density at radius 3 is 2.03 bits per heavy atom. The predicted octanol–water partition coefficient (Wildman–Crippen LogP) is 5.63. The molecule has 1 aromatic heterocycles. The molecule has 0 aliphatic rings. The van der Waals surface area contributed by atoms with E-state index in [0.29, 0.717) is 11.1 Å². The summed E-state index contributed by atoms with van der Waals surface area (Å²) in [7, 11) is 0. The molecular weight excluding hydrogens is 446 g/mol. The Bertz CT molecular complexity index is 1510. The molecule has 0 atom stereocenters. The normalized spacial score (nSPS) is 11.8. The van der Waals surface area contributed by atoms with Crippen molar-refractivity contribution in [3.8, 4) is 5.69 Å². The van der Waals surface area contributed by atoms with Crippen LogP contribution in [0.3, 0.4) is 0 Å². The lowest BCUT2D eigenvalue weighted by Crippen LogP contribution is -2.43. The first-order valence-corrected chi connectivity index (χ1v) is 11.8. The fraction of sp³-hybridized carbons (Fsp3) is 0.0968. The summed E-state index contributed by atoms with van der Waals surface area (Å²) in [5.74, 6) is -0.625. The molecule has 0 saturated carbocycles. The van der Waals surface area contributed by atoms with Gasteiger partial charge >= 0.3 is 0 Å². The van der Waals surface area contributed by atoms with Crippen LogP contribution in [0, 0.1) is 13.8 Å². The van der Waals surface area contributed by atoms with E-state index in [-0.39, 0.29) is 0 Å². The van der Waals surface area contributed by atoms with Gasteiger partial charge in [-0.15, -0.1) is 0 Å². The Hall–Kier alpha value is -4.48. The molecule has 0 unspecified atom stereocenters. The standard InChI is InChI=1S/C31H27N3O2/c1-22-19-26(23(2)34(22)29-18-17-24-11-9-10-12-25(24)20-29)21-32-33-30(35)31(36,27-13-5-3-6-14-27)28-15-7-4-8-16-28/h3-21,36H,1-2H3,(H,33,35). The zero-order chi connectivity index (χ0) is 25.1. The van der Waals surface area contributed by atoms with E-state index in [0.717, 1.165) is 22.6 Å². The van der Waals surface area contributed by atoms with Gasteiger partial charge < -0.3 is 9.67 Å². The number of aryl methyl sites for hydroxylation is 1. The second-order valence-corrected chi connectivity index (χ2v) is 8.83. The summed E-state index contributed by atoms with van der Waals surface area (Å²) in [5.41, 5.74) is 5.63. The van der Waals surface area contributed by atoms with Gasteiger partial charge in [0, 0.05) is 22.6 Å². The zero-order valence-electron chi connectivity index (χ0n) is 20.2. The summed E-state index contributed by atoms with van der Waals surface area (Å²) in [6.07, 6.45) is 1.62. The molecule has 4 aromatic carbocycles. The van der Waals surface area contributed by atoms with Crippen LogP contribution in [0.5, 0.6) is 0 Å². The number of fused-ring (bicyclic) bond motifs is 1. The molecule has 0 fully saturated rings. The van der Waals surface area contributed by atoms with Crippen molar-refractivity contribution in [2.24, 2.45) is 5.10 Å². The SMILES string of the molecule is Cc1cc(C=NNC(=O)C(O)(c2ccccc2)c2ccccc2)c(C)n1-c1ccc2ccccc2c1. The number of amides is 1. The maximum Gasteiger partial charge on any atom is 0.281 e. The minimum Gasteiger partial charge on any atom is -0.372 e. The molecule has 5 rings (SSSR count). The molecule has 178 valence electrons. The summed E-state index contributed by atoms with van der Waals surface area (Å²) >= 11 is 0. The molecule has 1 heterocycles. The third kappa shape index (κ3) is 4.21. The van der Waals surface area contributed by atoms with Gasteiger partial charge in [0.2, 0.25) is 0 Å². The van der Waals surface area contributed by atoms with E-state index in [1.165, 1.54) is 10.8 Å². The first-order chi connectivity index (χ1) is 17.5. The van der Waals surface area contributed by atoms with E-state index in [1.807, 2.05) is 44.2 Å². The minimum absolute atomic E-state index is 0.471. The number of hydrogen-bond donors (Lipinski definition) is 2. The van der Waals surface area contributed by atoms with Crippen molar-refractivity contribution in [2.45, 2.75) is 19.4 Å². The highest BCUT2D eigenvalue weighted by Crippen LogP contribution is 2.30. The van der Waals surface area contributed by atoms with Crippen molar-refractivity contribution in [3.05, 3.63) is 137 Å². The Kier molecular flexibility index (Phi) is 6.23. The van der Waals surface area contributed by atoms with E-state index >= 15 is 0 Å². The zero-order valence-corrected chi connectivity index (χ0v) is 20.2. The molecule has 0 spiro atoms. The molecule has 0 aliphatic heterocycles. The molecule has 0 radical (unpaired) electrons.